The third kappa shape index (κ3) is 7.86. The molecule has 0 amide bonds. The normalized spacial score (nSPS) is 15.2. The van der Waals surface area contributed by atoms with Gasteiger partial charge in [-0.15, -0.1) is 24.0 Å². The lowest BCUT2D eigenvalue weighted by atomic mass is 9.98. The Hall–Kier alpha value is -1.42. The van der Waals surface area contributed by atoms with Gasteiger partial charge in [-0.05, 0) is 19.3 Å². The predicted molar refractivity (Wildman–Crippen MR) is 114 cm³/mol. The Kier molecular flexibility index (Phi) is 11.2. The van der Waals surface area contributed by atoms with Crippen molar-refractivity contribution in [2.24, 2.45) is 4.99 Å². The fourth-order valence-corrected chi connectivity index (χ4v) is 3.00. The Balaban J connectivity index is 0.00000338. The summed E-state index contributed by atoms with van der Waals surface area (Å²) in [6.45, 7) is 1.86. The van der Waals surface area contributed by atoms with E-state index in [4.69, 9.17) is 4.74 Å². The third-order valence-electron chi connectivity index (χ3n) is 4.38. The molecular formula is C18H29IN4O3. The lowest BCUT2D eigenvalue weighted by molar-refractivity contribution is -0.385. The van der Waals surface area contributed by atoms with Crippen LogP contribution in [0.4, 0.5) is 5.69 Å². The van der Waals surface area contributed by atoms with Crippen molar-refractivity contribution in [2.45, 2.75) is 51.2 Å². The maximum atomic E-state index is 11.0. The smallest absolute Gasteiger partial charge is 0.274 e. The van der Waals surface area contributed by atoms with E-state index >= 15 is 0 Å². The van der Waals surface area contributed by atoms with E-state index in [1.807, 2.05) is 0 Å². The van der Waals surface area contributed by atoms with Crippen molar-refractivity contribution in [3.8, 4) is 0 Å². The summed E-state index contributed by atoms with van der Waals surface area (Å²) in [5.74, 6) is 0.635. The lowest BCUT2D eigenvalue weighted by Gasteiger charge is -2.22. The Morgan fingerprint density at radius 2 is 2.00 bits per heavy atom. The van der Waals surface area contributed by atoms with Gasteiger partial charge in [-0.3, -0.25) is 15.1 Å². The van der Waals surface area contributed by atoms with Gasteiger partial charge in [0.25, 0.3) is 5.69 Å². The molecule has 2 rings (SSSR count). The third-order valence-corrected chi connectivity index (χ3v) is 4.38. The van der Waals surface area contributed by atoms with Gasteiger partial charge in [-0.2, -0.15) is 0 Å². The van der Waals surface area contributed by atoms with E-state index in [-0.39, 0.29) is 34.6 Å². The van der Waals surface area contributed by atoms with Gasteiger partial charge in [0, 0.05) is 38.4 Å². The zero-order valence-electron chi connectivity index (χ0n) is 15.3. The Morgan fingerprint density at radius 3 is 2.69 bits per heavy atom. The Bertz CT molecular complexity index is 577. The summed E-state index contributed by atoms with van der Waals surface area (Å²) < 4.78 is 5.89. The number of ether oxygens (including phenoxy) is 1. The van der Waals surface area contributed by atoms with Crippen molar-refractivity contribution in [1.29, 1.82) is 0 Å². The summed E-state index contributed by atoms with van der Waals surface area (Å²) >= 11 is 0. The number of rotatable bonds is 8. The van der Waals surface area contributed by atoms with Crippen LogP contribution < -0.4 is 10.6 Å². The fraction of sp³-hybridized carbons (Fsp3) is 0.611. The lowest BCUT2D eigenvalue weighted by Crippen LogP contribution is -2.37. The highest BCUT2D eigenvalue weighted by molar-refractivity contribution is 14.0. The first kappa shape index (κ1) is 22.6. The molecule has 0 radical (unpaired) electrons. The topological polar surface area (TPSA) is 88.8 Å². The minimum absolute atomic E-state index is 0. The van der Waals surface area contributed by atoms with Crippen LogP contribution in [0.25, 0.3) is 0 Å². The second-order valence-corrected chi connectivity index (χ2v) is 6.22. The Morgan fingerprint density at radius 1 is 1.27 bits per heavy atom. The van der Waals surface area contributed by atoms with E-state index in [0.717, 1.165) is 19.6 Å². The standard InChI is InChI=1S/C18H28N4O3.HI/c1-19-18(20-12-7-13-25-16-9-3-2-4-10-16)21-14-15-8-5-6-11-17(15)22(23)24;/h5-6,8,11,16H,2-4,7,9-10,12-14H2,1H3,(H2,19,20,21);1H. The number of nitrogens with one attached hydrogen (secondary N) is 2. The molecule has 0 bridgehead atoms. The van der Waals surface area contributed by atoms with E-state index in [0.29, 0.717) is 24.2 Å². The van der Waals surface area contributed by atoms with Crippen LogP contribution in [-0.4, -0.2) is 37.2 Å². The Labute approximate surface area is 172 Å². The quantitative estimate of drug-likeness (QED) is 0.150. The molecule has 0 aliphatic heterocycles. The van der Waals surface area contributed by atoms with Crippen molar-refractivity contribution in [1.82, 2.24) is 10.6 Å². The average molecular weight is 476 g/mol. The highest BCUT2D eigenvalue weighted by Gasteiger charge is 2.13. The number of para-hydroxylation sites is 1. The van der Waals surface area contributed by atoms with Gasteiger partial charge in [0.05, 0.1) is 11.0 Å². The molecule has 8 heteroatoms. The highest BCUT2D eigenvalue weighted by atomic mass is 127. The first-order valence-corrected chi connectivity index (χ1v) is 8.99. The summed E-state index contributed by atoms with van der Waals surface area (Å²) in [5.41, 5.74) is 0.752. The molecule has 1 aliphatic rings. The number of hydrogen-bond donors (Lipinski definition) is 2. The minimum Gasteiger partial charge on any atom is -0.378 e. The van der Waals surface area contributed by atoms with Gasteiger partial charge in [0.2, 0.25) is 0 Å². The molecule has 7 nitrogen and oxygen atoms in total. The minimum atomic E-state index is -0.365. The van der Waals surface area contributed by atoms with E-state index < -0.39 is 0 Å². The largest absolute Gasteiger partial charge is 0.378 e. The van der Waals surface area contributed by atoms with E-state index in [2.05, 4.69) is 15.6 Å². The van der Waals surface area contributed by atoms with Gasteiger partial charge < -0.3 is 15.4 Å². The highest BCUT2D eigenvalue weighted by Crippen LogP contribution is 2.20. The summed E-state index contributed by atoms with van der Waals surface area (Å²) in [6.07, 6.45) is 7.62. The van der Waals surface area contributed by atoms with Crippen LogP contribution in [0, 0.1) is 10.1 Å². The summed E-state index contributed by atoms with van der Waals surface area (Å²) in [5, 5.41) is 17.4. The maximum absolute atomic E-state index is 11.0. The number of benzene rings is 1. The van der Waals surface area contributed by atoms with Crippen LogP contribution >= 0.6 is 24.0 Å². The molecule has 1 aromatic rings. The van der Waals surface area contributed by atoms with Crippen molar-refractivity contribution in [2.75, 3.05) is 20.2 Å². The molecule has 26 heavy (non-hydrogen) atoms. The van der Waals surface area contributed by atoms with Gasteiger partial charge in [0.1, 0.15) is 0 Å². The monoisotopic (exact) mass is 476 g/mol. The molecule has 1 aliphatic carbocycles. The molecule has 0 spiro atoms. The number of nitrogens with zero attached hydrogens (tertiary/aromatic N) is 2. The molecular weight excluding hydrogens is 447 g/mol. The number of nitro benzene ring substituents is 1. The van der Waals surface area contributed by atoms with Crippen LogP contribution in [0.5, 0.6) is 0 Å². The molecule has 146 valence electrons. The first-order chi connectivity index (χ1) is 12.2. The summed E-state index contributed by atoms with van der Waals surface area (Å²) in [7, 11) is 1.69. The SMILES string of the molecule is CN=C(NCCCOC1CCCCC1)NCc1ccccc1[N+](=O)[O-].I. The van der Waals surface area contributed by atoms with Crippen molar-refractivity contribution >= 4 is 35.6 Å². The second kappa shape index (κ2) is 12.9. The van der Waals surface area contributed by atoms with Crippen molar-refractivity contribution < 1.29 is 9.66 Å². The summed E-state index contributed by atoms with van der Waals surface area (Å²) in [6, 6.07) is 6.72. The van der Waals surface area contributed by atoms with Gasteiger partial charge >= 0.3 is 0 Å². The molecule has 0 heterocycles. The molecule has 0 aromatic heterocycles. The van der Waals surface area contributed by atoms with E-state index in [1.165, 1.54) is 38.2 Å². The molecule has 0 saturated heterocycles. The second-order valence-electron chi connectivity index (χ2n) is 6.22. The zero-order valence-corrected chi connectivity index (χ0v) is 17.6. The molecule has 1 saturated carbocycles. The zero-order chi connectivity index (χ0) is 17.9. The average Bonchev–Trinajstić information content (AvgIpc) is 2.65. The van der Waals surface area contributed by atoms with Crippen molar-refractivity contribution in [3.05, 3.63) is 39.9 Å². The number of aliphatic imine (C=N–C) groups is 1. The molecule has 0 unspecified atom stereocenters. The fourth-order valence-electron chi connectivity index (χ4n) is 3.00. The van der Waals surface area contributed by atoms with E-state index in [1.54, 1.807) is 25.2 Å². The molecule has 1 fully saturated rings. The predicted octanol–water partition coefficient (Wildman–Crippen LogP) is 3.62. The van der Waals surface area contributed by atoms with Crippen LogP contribution in [-0.2, 0) is 11.3 Å². The van der Waals surface area contributed by atoms with E-state index in [9.17, 15) is 10.1 Å². The number of nitro groups is 1. The van der Waals surface area contributed by atoms with Gasteiger partial charge in [-0.25, -0.2) is 0 Å². The van der Waals surface area contributed by atoms with Crippen LogP contribution in [0.3, 0.4) is 0 Å². The number of hydrogen-bond acceptors (Lipinski definition) is 4. The van der Waals surface area contributed by atoms with Gasteiger partial charge in [0.15, 0.2) is 5.96 Å². The van der Waals surface area contributed by atoms with Crippen LogP contribution in [0.15, 0.2) is 29.3 Å². The number of halogens is 1. The van der Waals surface area contributed by atoms with Crippen LogP contribution in [0.1, 0.15) is 44.1 Å². The summed E-state index contributed by atoms with van der Waals surface area (Å²) in [4.78, 5) is 14.8. The number of guanidine groups is 1. The maximum Gasteiger partial charge on any atom is 0.274 e. The van der Waals surface area contributed by atoms with Crippen molar-refractivity contribution in [3.63, 3.8) is 0 Å². The molecule has 0 atom stereocenters. The van der Waals surface area contributed by atoms with Gasteiger partial charge in [-0.1, -0.05) is 37.5 Å². The first-order valence-electron chi connectivity index (χ1n) is 8.99. The van der Waals surface area contributed by atoms with Crippen LogP contribution in [0.2, 0.25) is 0 Å². The molecule has 1 aromatic carbocycles. The molecule has 2 N–H and O–H groups in total.